The molecule has 0 saturated carbocycles. The number of hydrogen-bond donors (Lipinski definition) is 3. The number of nitrogens with zero attached hydrogens (tertiary/aromatic N) is 5. The number of benzene rings is 2. The van der Waals surface area contributed by atoms with Crippen LogP contribution in [0.5, 0.6) is 0 Å². The van der Waals surface area contributed by atoms with Gasteiger partial charge in [0.05, 0.1) is 29.3 Å². The fraction of sp³-hybridized carbons (Fsp3) is 0.111. The SMILES string of the molecule is NC1CN(c2cncc(-c3ccc4[nH]nc(-c5cc6c(-c7ccncc7)cccc6[nH]5)c4c3)n2)C1. The largest absolute Gasteiger partial charge is 0.353 e. The van der Waals surface area contributed by atoms with Crippen LogP contribution in [-0.2, 0) is 0 Å². The predicted octanol–water partition coefficient (Wildman–Crippen LogP) is 4.38. The molecule has 170 valence electrons. The zero-order valence-corrected chi connectivity index (χ0v) is 18.8. The summed E-state index contributed by atoms with van der Waals surface area (Å²) in [5, 5.41) is 9.99. The Morgan fingerprint density at radius 2 is 1.74 bits per heavy atom. The van der Waals surface area contributed by atoms with Gasteiger partial charge in [-0.05, 0) is 47.5 Å². The van der Waals surface area contributed by atoms with Gasteiger partial charge in [0.2, 0.25) is 0 Å². The molecule has 4 aromatic heterocycles. The highest BCUT2D eigenvalue weighted by Crippen LogP contribution is 2.35. The molecule has 0 bridgehead atoms. The summed E-state index contributed by atoms with van der Waals surface area (Å²) in [6.45, 7) is 1.62. The third-order valence-electron chi connectivity index (χ3n) is 6.62. The maximum Gasteiger partial charge on any atom is 0.147 e. The first-order valence-corrected chi connectivity index (χ1v) is 11.6. The number of anilines is 1. The average Bonchev–Trinajstić information content (AvgIpc) is 3.51. The minimum atomic E-state index is 0.209. The highest BCUT2D eigenvalue weighted by atomic mass is 15.3. The summed E-state index contributed by atoms with van der Waals surface area (Å²) in [6.07, 6.45) is 7.23. The van der Waals surface area contributed by atoms with E-state index in [1.165, 1.54) is 0 Å². The van der Waals surface area contributed by atoms with E-state index in [9.17, 15) is 0 Å². The van der Waals surface area contributed by atoms with E-state index < -0.39 is 0 Å². The van der Waals surface area contributed by atoms with Crippen LogP contribution in [0.3, 0.4) is 0 Å². The standard InChI is InChI=1S/C27H22N8/c28-18-14-35(15-18)26-13-30-12-25(32-26)17-4-5-23-21(10-17)27(34-33-23)24-11-20-19(2-1-3-22(20)31-24)16-6-8-29-9-7-16/h1-13,18,31H,14-15,28H2,(H,33,34). The Morgan fingerprint density at radius 3 is 2.60 bits per heavy atom. The van der Waals surface area contributed by atoms with Gasteiger partial charge in [0.25, 0.3) is 0 Å². The second-order valence-electron chi connectivity index (χ2n) is 8.95. The minimum Gasteiger partial charge on any atom is -0.353 e. The average molecular weight is 459 g/mol. The Morgan fingerprint density at radius 1 is 0.857 bits per heavy atom. The molecule has 5 heterocycles. The lowest BCUT2D eigenvalue weighted by atomic mass is 10.0. The lowest BCUT2D eigenvalue weighted by Crippen LogP contribution is -2.56. The van der Waals surface area contributed by atoms with Gasteiger partial charge in [0.1, 0.15) is 11.5 Å². The van der Waals surface area contributed by atoms with Crippen molar-refractivity contribution in [3.63, 3.8) is 0 Å². The third kappa shape index (κ3) is 3.34. The van der Waals surface area contributed by atoms with Crippen LogP contribution in [0, 0.1) is 0 Å². The summed E-state index contributed by atoms with van der Waals surface area (Å²) < 4.78 is 0. The Balaban J connectivity index is 1.31. The molecule has 8 heteroatoms. The molecule has 0 unspecified atom stereocenters. The van der Waals surface area contributed by atoms with E-state index in [0.29, 0.717) is 0 Å². The number of aromatic nitrogens is 6. The van der Waals surface area contributed by atoms with E-state index in [0.717, 1.165) is 74.5 Å². The minimum absolute atomic E-state index is 0.209. The van der Waals surface area contributed by atoms with Gasteiger partial charge >= 0.3 is 0 Å². The van der Waals surface area contributed by atoms with Gasteiger partial charge in [0.15, 0.2) is 0 Å². The molecule has 0 radical (unpaired) electrons. The number of nitrogens with two attached hydrogens (primary N) is 1. The number of nitrogens with one attached hydrogen (secondary N) is 2. The summed E-state index contributed by atoms with van der Waals surface area (Å²) in [5.41, 5.74) is 13.9. The Kier molecular flexibility index (Phi) is 4.40. The summed E-state index contributed by atoms with van der Waals surface area (Å²) in [4.78, 5) is 19.1. The Bertz CT molecular complexity index is 1680. The first kappa shape index (κ1) is 19.9. The van der Waals surface area contributed by atoms with Crippen molar-refractivity contribution in [2.75, 3.05) is 18.0 Å². The van der Waals surface area contributed by atoms with Gasteiger partial charge in [-0.3, -0.25) is 15.1 Å². The predicted molar refractivity (Wildman–Crippen MR) is 138 cm³/mol. The Labute approximate surface area is 200 Å². The summed E-state index contributed by atoms with van der Waals surface area (Å²) in [6, 6.07) is 18.9. The molecule has 1 aliphatic heterocycles. The summed E-state index contributed by atoms with van der Waals surface area (Å²) in [7, 11) is 0. The topological polar surface area (TPSA) is 112 Å². The number of aromatic amines is 2. The van der Waals surface area contributed by atoms with Gasteiger partial charge in [-0.2, -0.15) is 5.10 Å². The van der Waals surface area contributed by atoms with Crippen molar-refractivity contribution in [1.29, 1.82) is 0 Å². The maximum absolute atomic E-state index is 5.94. The van der Waals surface area contributed by atoms with Crippen molar-refractivity contribution in [2.45, 2.75) is 6.04 Å². The highest BCUT2D eigenvalue weighted by molar-refractivity contribution is 6.01. The molecule has 0 spiro atoms. The first-order chi connectivity index (χ1) is 17.2. The van der Waals surface area contributed by atoms with Crippen molar-refractivity contribution in [3.05, 3.63) is 79.4 Å². The molecule has 0 amide bonds. The zero-order chi connectivity index (χ0) is 23.4. The van der Waals surface area contributed by atoms with Gasteiger partial charge in [0, 0.05) is 53.4 Å². The fourth-order valence-electron chi connectivity index (χ4n) is 4.79. The quantitative estimate of drug-likeness (QED) is 0.361. The van der Waals surface area contributed by atoms with Crippen molar-refractivity contribution < 1.29 is 0 Å². The van der Waals surface area contributed by atoms with E-state index in [-0.39, 0.29) is 6.04 Å². The molecule has 2 aromatic carbocycles. The molecule has 6 aromatic rings. The zero-order valence-electron chi connectivity index (χ0n) is 18.8. The van der Waals surface area contributed by atoms with Crippen LogP contribution >= 0.6 is 0 Å². The van der Waals surface area contributed by atoms with E-state index in [4.69, 9.17) is 10.7 Å². The van der Waals surface area contributed by atoms with Crippen LogP contribution in [0.2, 0.25) is 0 Å². The summed E-state index contributed by atoms with van der Waals surface area (Å²) >= 11 is 0. The van der Waals surface area contributed by atoms with Crippen molar-refractivity contribution in [1.82, 2.24) is 30.1 Å². The van der Waals surface area contributed by atoms with Crippen LogP contribution in [-0.4, -0.2) is 49.3 Å². The number of hydrogen-bond acceptors (Lipinski definition) is 6. The molecule has 1 fully saturated rings. The van der Waals surface area contributed by atoms with Gasteiger partial charge in [-0.25, -0.2) is 4.98 Å². The molecule has 7 rings (SSSR count). The second-order valence-corrected chi connectivity index (χ2v) is 8.95. The second kappa shape index (κ2) is 7.75. The number of pyridine rings is 1. The molecular formula is C27H22N8. The molecular weight excluding hydrogens is 436 g/mol. The number of rotatable bonds is 4. The van der Waals surface area contributed by atoms with Crippen LogP contribution in [0.25, 0.3) is 55.6 Å². The van der Waals surface area contributed by atoms with E-state index >= 15 is 0 Å². The van der Waals surface area contributed by atoms with Crippen LogP contribution < -0.4 is 10.6 Å². The molecule has 0 aliphatic carbocycles. The third-order valence-corrected chi connectivity index (χ3v) is 6.62. The van der Waals surface area contributed by atoms with E-state index in [1.807, 2.05) is 36.7 Å². The normalized spacial score (nSPS) is 14.0. The molecule has 1 aliphatic rings. The van der Waals surface area contributed by atoms with Gasteiger partial charge in [-0.1, -0.05) is 18.2 Å². The molecule has 35 heavy (non-hydrogen) atoms. The molecule has 1 saturated heterocycles. The van der Waals surface area contributed by atoms with Crippen molar-refractivity contribution in [3.8, 4) is 33.8 Å². The lowest BCUT2D eigenvalue weighted by Gasteiger charge is -2.37. The molecule has 0 atom stereocenters. The summed E-state index contributed by atoms with van der Waals surface area (Å²) in [5.74, 6) is 0.857. The number of fused-ring (bicyclic) bond motifs is 2. The van der Waals surface area contributed by atoms with Crippen molar-refractivity contribution >= 4 is 27.6 Å². The fourth-order valence-corrected chi connectivity index (χ4v) is 4.79. The first-order valence-electron chi connectivity index (χ1n) is 11.6. The van der Waals surface area contributed by atoms with Gasteiger partial charge < -0.3 is 15.6 Å². The highest BCUT2D eigenvalue weighted by Gasteiger charge is 2.24. The van der Waals surface area contributed by atoms with Crippen LogP contribution in [0.4, 0.5) is 5.82 Å². The number of H-pyrrole nitrogens is 2. The van der Waals surface area contributed by atoms with Gasteiger partial charge in [-0.15, -0.1) is 0 Å². The van der Waals surface area contributed by atoms with Crippen LogP contribution in [0.1, 0.15) is 0 Å². The molecule has 4 N–H and O–H groups in total. The Hall–Kier alpha value is -4.56. The smallest absolute Gasteiger partial charge is 0.147 e. The van der Waals surface area contributed by atoms with Crippen LogP contribution in [0.15, 0.2) is 79.4 Å². The van der Waals surface area contributed by atoms with E-state index in [2.05, 4.69) is 60.4 Å². The molecule has 8 nitrogen and oxygen atoms in total. The lowest BCUT2D eigenvalue weighted by molar-refractivity contribution is 0.514. The van der Waals surface area contributed by atoms with Crippen molar-refractivity contribution in [2.24, 2.45) is 5.73 Å². The van der Waals surface area contributed by atoms with E-state index in [1.54, 1.807) is 12.4 Å². The monoisotopic (exact) mass is 458 g/mol. The maximum atomic E-state index is 5.94.